The van der Waals surface area contributed by atoms with Crippen LogP contribution in [0.25, 0.3) is 0 Å². The topological polar surface area (TPSA) is 54.5 Å². The number of Topliss-reactive ketones (excluding diaryl/α,β-unsaturated/α-hetero) is 1. The zero-order valence-electron chi connectivity index (χ0n) is 11.3. The average molecular weight is 273 g/mol. The number of nitrogens with zero attached hydrogens (tertiary/aromatic N) is 1. The Labute approximate surface area is 110 Å². The van der Waals surface area contributed by atoms with Crippen LogP contribution in [0.5, 0.6) is 0 Å². The molecule has 3 unspecified atom stereocenters. The monoisotopic (exact) mass is 273 g/mol. The molecule has 1 heterocycles. The van der Waals surface area contributed by atoms with Crippen LogP contribution in [-0.4, -0.2) is 50.2 Å². The minimum atomic E-state index is -2.82. The van der Waals surface area contributed by atoms with Crippen molar-refractivity contribution in [2.24, 2.45) is 17.8 Å². The highest BCUT2D eigenvalue weighted by Crippen LogP contribution is 2.31. The van der Waals surface area contributed by atoms with Crippen molar-refractivity contribution in [3.8, 4) is 0 Å². The molecule has 0 amide bonds. The van der Waals surface area contributed by atoms with Crippen LogP contribution in [0.1, 0.15) is 26.7 Å². The van der Waals surface area contributed by atoms with Crippen LogP contribution in [-0.2, 0) is 14.6 Å². The largest absolute Gasteiger partial charge is 0.301 e. The quantitative estimate of drug-likeness (QED) is 0.752. The minimum Gasteiger partial charge on any atom is -0.301 e. The van der Waals surface area contributed by atoms with Crippen LogP contribution in [0, 0.1) is 17.8 Å². The molecule has 2 rings (SSSR count). The molecule has 2 fully saturated rings. The normalized spacial score (nSPS) is 37.7. The van der Waals surface area contributed by atoms with Crippen molar-refractivity contribution in [1.29, 1.82) is 0 Å². The number of ketones is 1. The van der Waals surface area contributed by atoms with Gasteiger partial charge in [0.1, 0.15) is 5.78 Å². The third kappa shape index (κ3) is 3.32. The Morgan fingerprint density at radius 1 is 1.22 bits per heavy atom. The summed E-state index contributed by atoms with van der Waals surface area (Å²) < 4.78 is 22.7. The smallest absolute Gasteiger partial charge is 0.152 e. The van der Waals surface area contributed by atoms with Gasteiger partial charge in [0.25, 0.3) is 0 Å². The number of carbonyl (C=O) groups excluding carboxylic acids is 1. The predicted molar refractivity (Wildman–Crippen MR) is 71.2 cm³/mol. The van der Waals surface area contributed by atoms with E-state index in [1.54, 1.807) is 0 Å². The number of carbonyl (C=O) groups is 1. The lowest BCUT2D eigenvalue weighted by atomic mass is 9.74. The molecule has 0 spiro atoms. The zero-order valence-corrected chi connectivity index (χ0v) is 12.1. The summed E-state index contributed by atoms with van der Waals surface area (Å²) in [6.45, 7) is 6.22. The first kappa shape index (κ1) is 14.0. The summed E-state index contributed by atoms with van der Waals surface area (Å²) in [6.07, 6.45) is 1.81. The first-order valence-corrected chi connectivity index (χ1v) is 8.65. The molecule has 4 nitrogen and oxygen atoms in total. The van der Waals surface area contributed by atoms with Crippen molar-refractivity contribution in [2.45, 2.75) is 26.7 Å². The summed E-state index contributed by atoms with van der Waals surface area (Å²) in [5.41, 5.74) is 0. The molecule has 3 atom stereocenters. The SMILES string of the molecule is CC1CC(=O)C(CN2CCS(=O)(=O)CC2)C(C)C1. The van der Waals surface area contributed by atoms with Crippen LogP contribution in [0.3, 0.4) is 0 Å². The van der Waals surface area contributed by atoms with E-state index in [2.05, 4.69) is 18.7 Å². The number of sulfone groups is 1. The number of hydrogen-bond acceptors (Lipinski definition) is 4. The second kappa shape index (κ2) is 5.29. The van der Waals surface area contributed by atoms with Crippen molar-refractivity contribution in [3.05, 3.63) is 0 Å². The Kier molecular flexibility index (Phi) is 4.11. The van der Waals surface area contributed by atoms with Crippen molar-refractivity contribution in [1.82, 2.24) is 4.90 Å². The van der Waals surface area contributed by atoms with E-state index in [4.69, 9.17) is 0 Å². The minimum absolute atomic E-state index is 0.113. The molecule has 1 saturated heterocycles. The molecule has 0 aromatic carbocycles. The Morgan fingerprint density at radius 2 is 1.83 bits per heavy atom. The molecule has 1 saturated carbocycles. The standard InChI is InChI=1S/C13H23NO3S/c1-10-7-11(2)12(13(15)8-10)9-14-3-5-18(16,17)6-4-14/h10-12H,3-9H2,1-2H3. The van der Waals surface area contributed by atoms with E-state index in [1.807, 2.05) is 0 Å². The average Bonchev–Trinajstić information content (AvgIpc) is 2.25. The second-order valence-electron chi connectivity index (χ2n) is 6.05. The van der Waals surface area contributed by atoms with E-state index in [1.165, 1.54) is 0 Å². The van der Waals surface area contributed by atoms with Gasteiger partial charge in [-0.25, -0.2) is 8.42 Å². The molecule has 18 heavy (non-hydrogen) atoms. The van der Waals surface area contributed by atoms with Crippen molar-refractivity contribution >= 4 is 15.6 Å². The van der Waals surface area contributed by atoms with E-state index in [0.717, 1.165) is 13.0 Å². The molecule has 2 aliphatic rings. The first-order chi connectivity index (χ1) is 8.37. The Balaban J connectivity index is 1.91. The maximum Gasteiger partial charge on any atom is 0.152 e. The first-order valence-electron chi connectivity index (χ1n) is 6.83. The molecular weight excluding hydrogens is 250 g/mol. The van der Waals surface area contributed by atoms with Gasteiger partial charge in [0.15, 0.2) is 9.84 Å². The number of hydrogen-bond donors (Lipinski definition) is 0. The van der Waals surface area contributed by atoms with Gasteiger partial charge in [-0.2, -0.15) is 0 Å². The van der Waals surface area contributed by atoms with Gasteiger partial charge in [-0.1, -0.05) is 13.8 Å². The molecule has 0 aromatic heterocycles. The molecule has 0 bridgehead atoms. The van der Waals surface area contributed by atoms with Crippen molar-refractivity contribution in [2.75, 3.05) is 31.1 Å². The van der Waals surface area contributed by atoms with E-state index >= 15 is 0 Å². The zero-order chi connectivity index (χ0) is 13.3. The van der Waals surface area contributed by atoms with Gasteiger partial charge in [0.2, 0.25) is 0 Å². The summed E-state index contributed by atoms with van der Waals surface area (Å²) in [5, 5.41) is 0. The van der Waals surface area contributed by atoms with Gasteiger partial charge in [-0.15, -0.1) is 0 Å². The van der Waals surface area contributed by atoms with Gasteiger partial charge in [0.05, 0.1) is 11.5 Å². The summed E-state index contributed by atoms with van der Waals surface area (Å²) in [7, 11) is -2.82. The highest BCUT2D eigenvalue weighted by atomic mass is 32.2. The van der Waals surface area contributed by atoms with Gasteiger partial charge in [-0.05, 0) is 18.3 Å². The Morgan fingerprint density at radius 3 is 2.39 bits per heavy atom. The molecule has 0 N–H and O–H groups in total. The van der Waals surface area contributed by atoms with Crippen molar-refractivity contribution < 1.29 is 13.2 Å². The fourth-order valence-electron chi connectivity index (χ4n) is 3.19. The van der Waals surface area contributed by atoms with E-state index < -0.39 is 9.84 Å². The lowest BCUT2D eigenvalue weighted by molar-refractivity contribution is -0.128. The van der Waals surface area contributed by atoms with Crippen LogP contribution in [0.2, 0.25) is 0 Å². The maximum absolute atomic E-state index is 12.1. The van der Waals surface area contributed by atoms with Gasteiger partial charge < -0.3 is 4.90 Å². The van der Waals surface area contributed by atoms with E-state index in [-0.39, 0.29) is 17.4 Å². The van der Waals surface area contributed by atoms with Gasteiger partial charge >= 0.3 is 0 Å². The summed E-state index contributed by atoms with van der Waals surface area (Å²) in [5.74, 6) is 1.92. The van der Waals surface area contributed by atoms with Crippen LogP contribution in [0.4, 0.5) is 0 Å². The highest BCUT2D eigenvalue weighted by Gasteiger charge is 2.34. The number of rotatable bonds is 2. The summed E-state index contributed by atoms with van der Waals surface area (Å²) in [4.78, 5) is 14.2. The third-order valence-corrected chi connectivity index (χ3v) is 5.93. The fourth-order valence-corrected chi connectivity index (χ4v) is 4.46. The van der Waals surface area contributed by atoms with Crippen molar-refractivity contribution in [3.63, 3.8) is 0 Å². The van der Waals surface area contributed by atoms with Crippen LogP contribution >= 0.6 is 0 Å². The molecule has 104 valence electrons. The van der Waals surface area contributed by atoms with Crippen LogP contribution < -0.4 is 0 Å². The fraction of sp³-hybridized carbons (Fsp3) is 0.923. The second-order valence-corrected chi connectivity index (χ2v) is 8.35. The molecule has 0 radical (unpaired) electrons. The highest BCUT2D eigenvalue weighted by molar-refractivity contribution is 7.91. The molecule has 1 aliphatic heterocycles. The lowest BCUT2D eigenvalue weighted by Crippen LogP contribution is -2.46. The summed E-state index contributed by atoms with van der Waals surface area (Å²) >= 11 is 0. The van der Waals surface area contributed by atoms with Crippen LogP contribution in [0.15, 0.2) is 0 Å². The molecule has 5 heteroatoms. The Bertz CT molecular complexity index is 404. The lowest BCUT2D eigenvalue weighted by Gasteiger charge is -2.36. The predicted octanol–water partition coefficient (Wildman–Crippen LogP) is 0.968. The van der Waals surface area contributed by atoms with E-state index in [9.17, 15) is 13.2 Å². The van der Waals surface area contributed by atoms with Gasteiger partial charge in [-0.3, -0.25) is 4.79 Å². The maximum atomic E-state index is 12.1. The van der Waals surface area contributed by atoms with E-state index in [0.29, 0.717) is 37.1 Å². The third-order valence-electron chi connectivity index (χ3n) is 4.32. The molecule has 0 aromatic rings. The summed E-state index contributed by atoms with van der Waals surface area (Å²) in [6, 6.07) is 0. The molecule has 1 aliphatic carbocycles. The molecular formula is C13H23NO3S. The van der Waals surface area contributed by atoms with Gasteiger partial charge in [0, 0.05) is 32.0 Å². The Hall–Kier alpha value is -0.420.